The molecule has 21 heavy (non-hydrogen) atoms. The molecule has 0 aromatic heterocycles. The molecule has 0 radical (unpaired) electrons. The highest BCUT2D eigenvalue weighted by molar-refractivity contribution is 9.10. The summed E-state index contributed by atoms with van der Waals surface area (Å²) in [6, 6.07) is 9.76. The van der Waals surface area contributed by atoms with Crippen molar-refractivity contribution in [1.29, 1.82) is 0 Å². The maximum Gasteiger partial charge on any atom is 0.312 e. The molecule has 0 atom stereocenters. The Kier molecular flexibility index (Phi) is 3.47. The van der Waals surface area contributed by atoms with Crippen LogP contribution in [0.25, 0.3) is 0 Å². The van der Waals surface area contributed by atoms with E-state index in [2.05, 4.69) is 15.9 Å². The summed E-state index contributed by atoms with van der Waals surface area (Å²) in [5.74, 6) is 0.799. The molecule has 0 saturated carbocycles. The van der Waals surface area contributed by atoms with Crippen LogP contribution in [0, 0.1) is 10.1 Å². The second-order valence-electron chi connectivity index (χ2n) is 4.71. The van der Waals surface area contributed by atoms with E-state index in [0.717, 1.165) is 5.56 Å². The molecule has 0 saturated heterocycles. The zero-order valence-corrected chi connectivity index (χ0v) is 12.4. The highest BCUT2D eigenvalue weighted by atomic mass is 79.9. The Labute approximate surface area is 128 Å². The molecular weight excluding hydrogens is 338 g/mol. The van der Waals surface area contributed by atoms with Crippen molar-refractivity contribution in [3.8, 4) is 11.5 Å². The van der Waals surface area contributed by atoms with Gasteiger partial charge in [0.1, 0.15) is 5.75 Å². The summed E-state index contributed by atoms with van der Waals surface area (Å²) < 4.78 is 6.22. The first-order valence-corrected chi connectivity index (χ1v) is 7.12. The number of aryl methyl sites for hydroxylation is 1. The fourth-order valence-corrected chi connectivity index (χ4v) is 2.69. The van der Waals surface area contributed by atoms with Crippen molar-refractivity contribution < 1.29 is 14.5 Å². The third-order valence-corrected chi connectivity index (χ3v) is 3.84. The van der Waals surface area contributed by atoms with Crippen molar-refractivity contribution in [2.75, 3.05) is 0 Å². The number of hydrogen-bond acceptors (Lipinski definition) is 4. The lowest BCUT2D eigenvalue weighted by Crippen LogP contribution is -1.95. The van der Waals surface area contributed by atoms with Gasteiger partial charge in [0.15, 0.2) is 5.78 Å². The fraction of sp³-hybridized carbons (Fsp3) is 0.133. The van der Waals surface area contributed by atoms with Crippen LogP contribution in [-0.4, -0.2) is 10.7 Å². The van der Waals surface area contributed by atoms with Gasteiger partial charge in [-0.15, -0.1) is 0 Å². The maximum atomic E-state index is 11.6. The molecule has 0 N–H and O–H groups in total. The number of carbonyl (C=O) groups excluding carboxylic acids is 1. The minimum atomic E-state index is -0.489. The topological polar surface area (TPSA) is 69.4 Å². The quantitative estimate of drug-likeness (QED) is 0.613. The Balaban J connectivity index is 1.94. The van der Waals surface area contributed by atoms with E-state index in [1.54, 1.807) is 30.3 Å². The number of carbonyl (C=O) groups is 1. The Morgan fingerprint density at radius 2 is 1.95 bits per heavy atom. The van der Waals surface area contributed by atoms with E-state index in [0.29, 0.717) is 28.6 Å². The predicted molar refractivity (Wildman–Crippen MR) is 80.0 cm³/mol. The van der Waals surface area contributed by atoms with E-state index in [1.807, 2.05) is 0 Å². The Bertz CT molecular complexity index is 757. The number of nitro benzene ring substituents is 1. The molecule has 0 bridgehead atoms. The summed E-state index contributed by atoms with van der Waals surface area (Å²) in [6.07, 6.45) is 1.20. The highest BCUT2D eigenvalue weighted by Gasteiger charge is 2.21. The highest BCUT2D eigenvalue weighted by Crippen LogP contribution is 2.35. The molecule has 1 aliphatic rings. The van der Waals surface area contributed by atoms with Crippen molar-refractivity contribution in [3.05, 3.63) is 62.1 Å². The number of benzene rings is 2. The molecule has 0 fully saturated rings. The van der Waals surface area contributed by atoms with Gasteiger partial charge in [-0.1, -0.05) is 15.9 Å². The average molecular weight is 348 g/mol. The molecule has 3 rings (SSSR count). The van der Waals surface area contributed by atoms with Crippen LogP contribution in [0.5, 0.6) is 11.5 Å². The Morgan fingerprint density at radius 1 is 1.14 bits per heavy atom. The summed E-state index contributed by atoms with van der Waals surface area (Å²) in [7, 11) is 0. The molecule has 2 aromatic rings. The number of Topliss-reactive ketones (excluding diaryl/α,β-unsaturated/α-hetero) is 1. The van der Waals surface area contributed by atoms with Crippen LogP contribution in [0.15, 0.2) is 40.9 Å². The Morgan fingerprint density at radius 3 is 2.71 bits per heavy atom. The van der Waals surface area contributed by atoms with E-state index >= 15 is 0 Å². The molecule has 0 heterocycles. The van der Waals surface area contributed by atoms with Crippen molar-refractivity contribution in [1.82, 2.24) is 0 Å². The number of ketones is 1. The van der Waals surface area contributed by atoms with Gasteiger partial charge in [-0.3, -0.25) is 14.9 Å². The number of nitrogens with zero attached hydrogens (tertiary/aromatic N) is 1. The first-order chi connectivity index (χ1) is 10.0. The fourth-order valence-electron chi connectivity index (χ4n) is 2.34. The van der Waals surface area contributed by atoms with Crippen LogP contribution in [0.2, 0.25) is 0 Å². The SMILES string of the molecule is O=C1CCc2cc(Oc3ccc(Br)cc3[N+](=O)[O-])ccc21. The third kappa shape index (κ3) is 2.67. The van der Waals surface area contributed by atoms with Gasteiger partial charge in [-0.05, 0) is 42.3 Å². The summed E-state index contributed by atoms with van der Waals surface area (Å²) >= 11 is 3.20. The lowest BCUT2D eigenvalue weighted by atomic mass is 10.1. The van der Waals surface area contributed by atoms with Crippen LogP contribution < -0.4 is 4.74 Å². The van der Waals surface area contributed by atoms with Gasteiger partial charge in [0, 0.05) is 22.5 Å². The molecule has 1 aliphatic carbocycles. The van der Waals surface area contributed by atoms with Crippen LogP contribution >= 0.6 is 15.9 Å². The second-order valence-corrected chi connectivity index (χ2v) is 5.63. The van der Waals surface area contributed by atoms with Gasteiger partial charge >= 0.3 is 5.69 Å². The predicted octanol–water partition coefficient (Wildman–Crippen LogP) is 4.28. The standard InChI is InChI=1S/C15H10BrNO4/c16-10-2-6-15(13(8-10)17(19)20)21-11-3-4-12-9(7-11)1-5-14(12)18/h2-4,6-8H,1,5H2. The van der Waals surface area contributed by atoms with E-state index < -0.39 is 4.92 Å². The molecule has 2 aromatic carbocycles. The van der Waals surface area contributed by atoms with Crippen molar-refractivity contribution in [2.24, 2.45) is 0 Å². The zero-order valence-electron chi connectivity index (χ0n) is 10.8. The van der Waals surface area contributed by atoms with Gasteiger partial charge in [0.25, 0.3) is 0 Å². The summed E-state index contributed by atoms with van der Waals surface area (Å²) in [5.41, 5.74) is 1.53. The molecule has 0 aliphatic heterocycles. The molecular formula is C15H10BrNO4. The monoisotopic (exact) mass is 347 g/mol. The maximum absolute atomic E-state index is 11.6. The minimum absolute atomic E-state index is 0.110. The molecule has 0 amide bonds. The molecule has 0 spiro atoms. The number of halogens is 1. The average Bonchev–Trinajstić information content (AvgIpc) is 2.82. The van der Waals surface area contributed by atoms with E-state index in [9.17, 15) is 14.9 Å². The number of hydrogen-bond donors (Lipinski definition) is 0. The largest absolute Gasteiger partial charge is 0.450 e. The number of rotatable bonds is 3. The van der Waals surface area contributed by atoms with E-state index in [4.69, 9.17) is 4.74 Å². The van der Waals surface area contributed by atoms with E-state index in [1.165, 1.54) is 6.07 Å². The molecule has 6 heteroatoms. The number of fused-ring (bicyclic) bond motifs is 1. The van der Waals surface area contributed by atoms with Crippen molar-refractivity contribution in [2.45, 2.75) is 12.8 Å². The first-order valence-electron chi connectivity index (χ1n) is 6.32. The van der Waals surface area contributed by atoms with Gasteiger partial charge in [-0.25, -0.2) is 0 Å². The lowest BCUT2D eigenvalue weighted by Gasteiger charge is -2.08. The smallest absolute Gasteiger partial charge is 0.312 e. The lowest BCUT2D eigenvalue weighted by molar-refractivity contribution is -0.385. The summed E-state index contributed by atoms with van der Waals surface area (Å²) in [5, 5.41) is 11.1. The van der Waals surface area contributed by atoms with Crippen LogP contribution in [0.1, 0.15) is 22.3 Å². The summed E-state index contributed by atoms with van der Waals surface area (Å²) in [6.45, 7) is 0. The number of nitro groups is 1. The van der Waals surface area contributed by atoms with Crippen molar-refractivity contribution >= 4 is 27.4 Å². The van der Waals surface area contributed by atoms with Crippen molar-refractivity contribution in [3.63, 3.8) is 0 Å². The Hall–Kier alpha value is -2.21. The molecule has 106 valence electrons. The summed E-state index contributed by atoms with van der Waals surface area (Å²) in [4.78, 5) is 22.1. The normalized spacial score (nSPS) is 13.1. The van der Waals surface area contributed by atoms with Gasteiger partial charge < -0.3 is 4.74 Å². The molecule has 5 nitrogen and oxygen atoms in total. The number of ether oxygens (including phenoxy) is 1. The second kappa shape index (κ2) is 5.29. The van der Waals surface area contributed by atoms with Crippen LogP contribution in [0.4, 0.5) is 5.69 Å². The van der Waals surface area contributed by atoms with Crippen LogP contribution in [0.3, 0.4) is 0 Å². The molecule has 0 unspecified atom stereocenters. The van der Waals surface area contributed by atoms with Gasteiger partial charge in [-0.2, -0.15) is 0 Å². The van der Waals surface area contributed by atoms with Gasteiger partial charge in [0.05, 0.1) is 4.92 Å². The van der Waals surface area contributed by atoms with Crippen LogP contribution in [-0.2, 0) is 6.42 Å². The first kappa shape index (κ1) is 13.8. The minimum Gasteiger partial charge on any atom is -0.450 e. The third-order valence-electron chi connectivity index (χ3n) is 3.34. The zero-order chi connectivity index (χ0) is 15.0. The van der Waals surface area contributed by atoms with Gasteiger partial charge in [0.2, 0.25) is 5.75 Å². The van der Waals surface area contributed by atoms with E-state index in [-0.39, 0.29) is 17.2 Å².